The van der Waals surface area contributed by atoms with Crippen molar-refractivity contribution in [2.75, 3.05) is 19.0 Å². The van der Waals surface area contributed by atoms with E-state index < -0.39 is 42.2 Å². The molecule has 2 N–H and O–H groups in total. The van der Waals surface area contributed by atoms with Crippen molar-refractivity contribution in [2.45, 2.75) is 0 Å². The zero-order chi connectivity index (χ0) is 18.4. The van der Waals surface area contributed by atoms with Gasteiger partial charge in [0.15, 0.2) is 5.75 Å². The van der Waals surface area contributed by atoms with Crippen LogP contribution in [0.2, 0.25) is 0 Å². The molecule has 0 radical (unpaired) electrons. The summed E-state index contributed by atoms with van der Waals surface area (Å²) in [5.74, 6) is -13.1. The number of rotatable bonds is 3. The van der Waals surface area contributed by atoms with Gasteiger partial charge < -0.3 is 19.6 Å². The molecule has 0 atom stereocenters. The molecule has 24 heavy (non-hydrogen) atoms. The third-order valence-electron chi connectivity index (χ3n) is 2.67. The largest absolute Gasteiger partial charge is 0.707 e. The second kappa shape index (κ2) is 8.51. The average Bonchev–Trinajstić information content (AvgIpc) is 2.56. The third-order valence-corrected chi connectivity index (χ3v) is 2.67. The summed E-state index contributed by atoms with van der Waals surface area (Å²) < 4.78 is 66.3. The predicted octanol–water partition coefficient (Wildman–Crippen LogP) is 2.48. The molecule has 130 valence electrons. The Morgan fingerprint density at radius 3 is 1.54 bits per heavy atom. The van der Waals surface area contributed by atoms with Crippen molar-refractivity contribution in [3.63, 3.8) is 0 Å². The molecule has 0 fully saturated rings. The van der Waals surface area contributed by atoms with Gasteiger partial charge in [-0.15, -0.1) is 0 Å². The molecule has 2 aromatic carbocycles. The maximum Gasteiger partial charge on any atom is 0.707 e. The molecule has 0 amide bonds. The van der Waals surface area contributed by atoms with Gasteiger partial charge in [0, 0.05) is 19.8 Å². The fourth-order valence-electron chi connectivity index (χ4n) is 1.52. The molecule has 0 aliphatic carbocycles. The number of para-hydroxylation sites is 1. The van der Waals surface area contributed by atoms with Crippen LogP contribution < -0.4 is 9.55 Å². The SMILES string of the molecule is CN(C)c1ccccc1.OB(O)Oc1c(F)c(F)c(F)c(F)c1F. The second-order valence-corrected chi connectivity index (χ2v) is 4.57. The summed E-state index contributed by atoms with van der Waals surface area (Å²) in [6.45, 7) is 0. The highest BCUT2D eigenvalue weighted by atomic mass is 19.2. The van der Waals surface area contributed by atoms with Crippen LogP contribution in [-0.4, -0.2) is 31.5 Å². The molecule has 0 saturated heterocycles. The number of anilines is 1. The Morgan fingerprint density at radius 1 is 0.792 bits per heavy atom. The Balaban J connectivity index is 0.000000272. The van der Waals surface area contributed by atoms with Crippen LogP contribution >= 0.6 is 0 Å². The van der Waals surface area contributed by atoms with Crippen molar-refractivity contribution < 1.29 is 36.7 Å². The normalized spacial score (nSPS) is 9.88. The fraction of sp³-hybridized carbons (Fsp3) is 0.143. The highest BCUT2D eigenvalue weighted by Crippen LogP contribution is 2.28. The zero-order valence-electron chi connectivity index (χ0n) is 12.6. The van der Waals surface area contributed by atoms with Gasteiger partial charge in [-0.1, -0.05) is 18.2 Å². The molecule has 0 unspecified atom stereocenters. The Morgan fingerprint density at radius 2 is 1.21 bits per heavy atom. The van der Waals surface area contributed by atoms with E-state index in [4.69, 9.17) is 10.0 Å². The van der Waals surface area contributed by atoms with E-state index in [1.807, 2.05) is 32.3 Å². The minimum atomic E-state index is -2.70. The molecular formula is C14H13BF5NO3. The third kappa shape index (κ3) is 4.83. The van der Waals surface area contributed by atoms with Crippen LogP contribution in [0.1, 0.15) is 0 Å². The summed E-state index contributed by atoms with van der Waals surface area (Å²) >= 11 is 0. The molecule has 4 nitrogen and oxygen atoms in total. The van der Waals surface area contributed by atoms with Gasteiger partial charge in [0.1, 0.15) is 0 Å². The van der Waals surface area contributed by atoms with E-state index in [9.17, 15) is 22.0 Å². The number of benzene rings is 2. The summed E-state index contributed by atoms with van der Waals surface area (Å²) in [5, 5.41) is 16.3. The lowest BCUT2D eigenvalue weighted by atomic mass is 10.2. The molecule has 2 rings (SSSR count). The maximum atomic E-state index is 12.7. The minimum Gasteiger partial charge on any atom is -0.507 e. The highest BCUT2D eigenvalue weighted by molar-refractivity contribution is 6.33. The van der Waals surface area contributed by atoms with Crippen LogP contribution in [0.4, 0.5) is 27.6 Å². The second-order valence-electron chi connectivity index (χ2n) is 4.57. The molecular weight excluding hydrogens is 336 g/mol. The van der Waals surface area contributed by atoms with E-state index in [1.165, 1.54) is 5.69 Å². The van der Waals surface area contributed by atoms with E-state index in [-0.39, 0.29) is 0 Å². The number of hydrogen-bond acceptors (Lipinski definition) is 4. The molecule has 0 spiro atoms. The van der Waals surface area contributed by atoms with E-state index in [0.29, 0.717) is 0 Å². The first kappa shape index (κ1) is 19.7. The van der Waals surface area contributed by atoms with Gasteiger partial charge in [-0.3, -0.25) is 0 Å². The first-order chi connectivity index (χ1) is 11.2. The van der Waals surface area contributed by atoms with E-state index >= 15 is 0 Å². The molecule has 10 heteroatoms. The van der Waals surface area contributed by atoms with E-state index in [0.717, 1.165) is 0 Å². The van der Waals surface area contributed by atoms with Crippen LogP contribution in [0, 0.1) is 29.1 Å². The molecule has 0 aromatic heterocycles. The maximum absolute atomic E-state index is 12.7. The minimum absolute atomic E-state index is 1.25. The standard InChI is InChI=1S/C8H11N.C6H2BF5O3/c1-9(2)8-6-4-3-5-7-8;8-1-2(9)4(11)6(15-7(13)14)5(12)3(1)10/h3-7H,1-2H3;13-14H. The fourth-order valence-corrected chi connectivity index (χ4v) is 1.52. The number of halogens is 5. The lowest BCUT2D eigenvalue weighted by molar-refractivity contribution is 0.263. The Hall–Kier alpha value is -2.33. The van der Waals surface area contributed by atoms with Gasteiger partial charge in [-0.2, -0.15) is 8.78 Å². The number of nitrogens with zero attached hydrogens (tertiary/aromatic N) is 1. The molecule has 0 bridgehead atoms. The van der Waals surface area contributed by atoms with Crippen molar-refractivity contribution >= 4 is 13.0 Å². The molecule has 0 aliphatic rings. The van der Waals surface area contributed by atoms with Gasteiger partial charge in [-0.25, -0.2) is 13.2 Å². The summed E-state index contributed by atoms with van der Waals surface area (Å²) in [6, 6.07) is 10.3. The van der Waals surface area contributed by atoms with Crippen molar-refractivity contribution in [1.82, 2.24) is 0 Å². The van der Waals surface area contributed by atoms with Crippen molar-refractivity contribution in [3.05, 3.63) is 59.4 Å². The van der Waals surface area contributed by atoms with Crippen LogP contribution in [0.5, 0.6) is 5.75 Å². The summed E-state index contributed by atoms with van der Waals surface area (Å²) in [4.78, 5) is 2.08. The molecule has 2 aromatic rings. The Labute approximate surface area is 134 Å². The van der Waals surface area contributed by atoms with Gasteiger partial charge in [0.05, 0.1) is 0 Å². The van der Waals surface area contributed by atoms with Gasteiger partial charge in [0.2, 0.25) is 29.1 Å². The van der Waals surface area contributed by atoms with Gasteiger partial charge in [0.25, 0.3) is 0 Å². The van der Waals surface area contributed by atoms with Gasteiger partial charge >= 0.3 is 7.32 Å². The number of hydrogen-bond donors (Lipinski definition) is 2. The Kier molecular flexibility index (Phi) is 6.99. The summed E-state index contributed by atoms with van der Waals surface area (Å²) in [7, 11) is 1.38. The smallest absolute Gasteiger partial charge is 0.507 e. The molecule has 0 heterocycles. The zero-order valence-corrected chi connectivity index (χ0v) is 12.6. The predicted molar refractivity (Wildman–Crippen MR) is 77.8 cm³/mol. The lowest BCUT2D eigenvalue weighted by Gasteiger charge is -2.10. The first-order valence-electron chi connectivity index (χ1n) is 6.43. The summed E-state index contributed by atoms with van der Waals surface area (Å²) in [6.07, 6.45) is 0. The molecule has 0 aliphatic heterocycles. The van der Waals surface area contributed by atoms with Crippen molar-refractivity contribution in [1.29, 1.82) is 0 Å². The van der Waals surface area contributed by atoms with Crippen LogP contribution in [0.25, 0.3) is 0 Å². The monoisotopic (exact) mass is 349 g/mol. The van der Waals surface area contributed by atoms with Crippen molar-refractivity contribution in [3.8, 4) is 5.75 Å². The van der Waals surface area contributed by atoms with Crippen LogP contribution in [0.15, 0.2) is 30.3 Å². The summed E-state index contributed by atoms with van der Waals surface area (Å²) in [5.41, 5.74) is 1.25. The topological polar surface area (TPSA) is 52.9 Å². The Bertz CT molecular complexity index is 657. The molecule has 0 saturated carbocycles. The van der Waals surface area contributed by atoms with Crippen LogP contribution in [-0.2, 0) is 0 Å². The van der Waals surface area contributed by atoms with E-state index in [2.05, 4.69) is 21.7 Å². The van der Waals surface area contributed by atoms with Crippen LogP contribution in [0.3, 0.4) is 0 Å². The van der Waals surface area contributed by atoms with E-state index in [1.54, 1.807) is 0 Å². The quantitative estimate of drug-likeness (QED) is 0.387. The lowest BCUT2D eigenvalue weighted by Crippen LogP contribution is -2.23. The van der Waals surface area contributed by atoms with Crippen molar-refractivity contribution in [2.24, 2.45) is 0 Å². The first-order valence-corrected chi connectivity index (χ1v) is 6.43. The van der Waals surface area contributed by atoms with Gasteiger partial charge in [-0.05, 0) is 12.1 Å². The average molecular weight is 349 g/mol. The highest BCUT2D eigenvalue weighted by Gasteiger charge is 2.29.